The zero-order chi connectivity index (χ0) is 13.5. The molecule has 2 atom stereocenters. The van der Waals surface area contributed by atoms with Crippen LogP contribution in [0.25, 0.3) is 0 Å². The van der Waals surface area contributed by atoms with Crippen LogP contribution in [0.4, 0.5) is 0 Å². The first-order chi connectivity index (χ1) is 7.82. The predicted molar refractivity (Wildman–Crippen MR) is 75.0 cm³/mol. The lowest BCUT2D eigenvalue weighted by molar-refractivity contribution is 0.390. The Labute approximate surface area is 107 Å². The standard InChI is InChI=1S/C13H29NO2S/c1-6-8-14-13(12(5)7-2)10-17(15,16)9-11(3)4/h11-14H,6-10H2,1-5H3. The minimum atomic E-state index is -2.93. The number of rotatable bonds is 9. The summed E-state index contributed by atoms with van der Waals surface area (Å²) in [6.45, 7) is 11.1. The molecule has 0 bridgehead atoms. The van der Waals surface area contributed by atoms with E-state index in [1.807, 2.05) is 13.8 Å². The molecule has 0 rings (SSSR count). The van der Waals surface area contributed by atoms with Crippen molar-refractivity contribution in [1.29, 1.82) is 0 Å². The predicted octanol–water partition coefficient (Wildman–Crippen LogP) is 2.47. The lowest BCUT2D eigenvalue weighted by Crippen LogP contribution is -2.41. The molecule has 0 saturated heterocycles. The molecule has 0 aromatic carbocycles. The summed E-state index contributed by atoms with van der Waals surface area (Å²) in [5.74, 6) is 1.20. The third-order valence-electron chi connectivity index (χ3n) is 3.01. The van der Waals surface area contributed by atoms with Crippen LogP contribution in [0.3, 0.4) is 0 Å². The van der Waals surface area contributed by atoms with Gasteiger partial charge in [-0.15, -0.1) is 0 Å². The summed E-state index contributed by atoms with van der Waals surface area (Å²) >= 11 is 0. The third-order valence-corrected chi connectivity index (χ3v) is 5.05. The molecule has 3 nitrogen and oxygen atoms in total. The highest BCUT2D eigenvalue weighted by Crippen LogP contribution is 2.12. The lowest BCUT2D eigenvalue weighted by atomic mass is 10.0. The van der Waals surface area contributed by atoms with E-state index in [9.17, 15) is 8.42 Å². The molecule has 0 aliphatic rings. The molecule has 0 aliphatic carbocycles. The van der Waals surface area contributed by atoms with E-state index in [2.05, 4.69) is 26.1 Å². The van der Waals surface area contributed by atoms with Crippen molar-refractivity contribution in [2.75, 3.05) is 18.1 Å². The van der Waals surface area contributed by atoms with Gasteiger partial charge in [0, 0.05) is 6.04 Å². The Kier molecular flexibility index (Phi) is 8.05. The number of nitrogens with one attached hydrogen (secondary N) is 1. The molecule has 0 heterocycles. The zero-order valence-corrected chi connectivity index (χ0v) is 12.8. The molecule has 0 amide bonds. The van der Waals surface area contributed by atoms with Gasteiger partial charge in [-0.1, -0.05) is 41.0 Å². The van der Waals surface area contributed by atoms with E-state index in [4.69, 9.17) is 0 Å². The highest BCUT2D eigenvalue weighted by Gasteiger charge is 2.23. The Morgan fingerprint density at radius 2 is 1.65 bits per heavy atom. The molecule has 0 aromatic heterocycles. The van der Waals surface area contributed by atoms with Crippen molar-refractivity contribution in [3.8, 4) is 0 Å². The average molecular weight is 263 g/mol. The third kappa shape index (κ3) is 7.77. The van der Waals surface area contributed by atoms with E-state index in [0.29, 0.717) is 11.7 Å². The maximum absolute atomic E-state index is 12.0. The van der Waals surface area contributed by atoms with Gasteiger partial charge in [0.05, 0.1) is 11.5 Å². The number of sulfone groups is 1. The van der Waals surface area contributed by atoms with E-state index in [0.717, 1.165) is 19.4 Å². The van der Waals surface area contributed by atoms with Crippen molar-refractivity contribution in [2.24, 2.45) is 11.8 Å². The quantitative estimate of drug-likeness (QED) is 0.695. The Bertz CT molecular complexity index is 286. The molecule has 0 radical (unpaired) electrons. The van der Waals surface area contributed by atoms with Gasteiger partial charge in [-0.2, -0.15) is 0 Å². The van der Waals surface area contributed by atoms with E-state index < -0.39 is 9.84 Å². The molecule has 2 unspecified atom stereocenters. The van der Waals surface area contributed by atoms with Gasteiger partial charge >= 0.3 is 0 Å². The van der Waals surface area contributed by atoms with Gasteiger partial charge in [0.25, 0.3) is 0 Å². The van der Waals surface area contributed by atoms with E-state index >= 15 is 0 Å². The fourth-order valence-electron chi connectivity index (χ4n) is 1.89. The van der Waals surface area contributed by atoms with Gasteiger partial charge in [0.1, 0.15) is 0 Å². The van der Waals surface area contributed by atoms with Crippen LogP contribution >= 0.6 is 0 Å². The molecule has 4 heteroatoms. The van der Waals surface area contributed by atoms with Crippen LogP contribution in [0.2, 0.25) is 0 Å². The van der Waals surface area contributed by atoms with Crippen LogP contribution < -0.4 is 5.32 Å². The number of hydrogen-bond acceptors (Lipinski definition) is 3. The summed E-state index contributed by atoms with van der Waals surface area (Å²) in [5.41, 5.74) is 0. The van der Waals surface area contributed by atoms with Gasteiger partial charge in [-0.3, -0.25) is 0 Å². The molecule has 0 spiro atoms. The summed E-state index contributed by atoms with van der Waals surface area (Å²) in [7, 11) is -2.93. The highest BCUT2D eigenvalue weighted by molar-refractivity contribution is 7.91. The van der Waals surface area contributed by atoms with Crippen molar-refractivity contribution in [2.45, 2.75) is 53.5 Å². The molecule has 1 N–H and O–H groups in total. The lowest BCUT2D eigenvalue weighted by Gasteiger charge is -2.24. The van der Waals surface area contributed by atoms with Gasteiger partial charge < -0.3 is 5.32 Å². The van der Waals surface area contributed by atoms with E-state index in [1.165, 1.54) is 0 Å². The molecule has 0 fully saturated rings. The van der Waals surface area contributed by atoms with Crippen molar-refractivity contribution in [3.05, 3.63) is 0 Å². The summed E-state index contributed by atoms with van der Waals surface area (Å²) in [5, 5.41) is 3.37. The first-order valence-electron chi connectivity index (χ1n) is 6.76. The van der Waals surface area contributed by atoms with E-state index in [-0.39, 0.29) is 17.7 Å². The first-order valence-corrected chi connectivity index (χ1v) is 8.58. The van der Waals surface area contributed by atoms with Gasteiger partial charge in [-0.05, 0) is 24.8 Å². The normalized spacial score (nSPS) is 16.1. The molecule has 17 heavy (non-hydrogen) atoms. The minimum absolute atomic E-state index is 0.101. The minimum Gasteiger partial charge on any atom is -0.313 e. The number of hydrogen-bond donors (Lipinski definition) is 1. The Morgan fingerprint density at radius 1 is 1.06 bits per heavy atom. The smallest absolute Gasteiger partial charge is 0.152 e. The molecule has 0 aliphatic heterocycles. The van der Waals surface area contributed by atoms with Crippen molar-refractivity contribution < 1.29 is 8.42 Å². The van der Waals surface area contributed by atoms with Crippen molar-refractivity contribution in [1.82, 2.24) is 5.32 Å². The zero-order valence-electron chi connectivity index (χ0n) is 12.0. The van der Waals surface area contributed by atoms with Crippen LogP contribution in [0, 0.1) is 11.8 Å². The van der Waals surface area contributed by atoms with Crippen LogP contribution in [0.5, 0.6) is 0 Å². The molecule has 0 saturated carbocycles. The fourth-order valence-corrected chi connectivity index (χ4v) is 4.03. The van der Waals surface area contributed by atoms with Crippen LogP contribution in [0.15, 0.2) is 0 Å². The summed E-state index contributed by atoms with van der Waals surface area (Å²) in [6, 6.07) is 0.101. The van der Waals surface area contributed by atoms with Gasteiger partial charge in [0.2, 0.25) is 0 Å². The topological polar surface area (TPSA) is 46.2 Å². The molecule has 0 aromatic rings. The maximum Gasteiger partial charge on any atom is 0.152 e. The van der Waals surface area contributed by atoms with Crippen LogP contribution in [-0.2, 0) is 9.84 Å². The first kappa shape index (κ1) is 16.9. The summed E-state index contributed by atoms with van der Waals surface area (Å²) < 4.78 is 24.0. The molecule has 104 valence electrons. The van der Waals surface area contributed by atoms with Gasteiger partial charge in [-0.25, -0.2) is 8.42 Å². The second-order valence-electron chi connectivity index (χ2n) is 5.42. The summed E-state index contributed by atoms with van der Waals surface area (Å²) in [6.07, 6.45) is 2.05. The molecular formula is C13H29NO2S. The van der Waals surface area contributed by atoms with Crippen LogP contribution in [0.1, 0.15) is 47.5 Å². The Balaban J connectivity index is 4.50. The monoisotopic (exact) mass is 263 g/mol. The van der Waals surface area contributed by atoms with Crippen molar-refractivity contribution >= 4 is 9.84 Å². The second kappa shape index (κ2) is 8.09. The van der Waals surface area contributed by atoms with E-state index in [1.54, 1.807) is 0 Å². The largest absolute Gasteiger partial charge is 0.313 e. The average Bonchev–Trinajstić information content (AvgIpc) is 2.21. The maximum atomic E-state index is 12.0. The van der Waals surface area contributed by atoms with Crippen LogP contribution in [-0.4, -0.2) is 32.5 Å². The SMILES string of the molecule is CCCNC(CS(=O)(=O)CC(C)C)C(C)CC. The fraction of sp³-hybridized carbons (Fsp3) is 1.00. The van der Waals surface area contributed by atoms with Gasteiger partial charge in [0.15, 0.2) is 9.84 Å². The second-order valence-corrected chi connectivity index (χ2v) is 7.57. The highest BCUT2D eigenvalue weighted by atomic mass is 32.2. The molecular weight excluding hydrogens is 234 g/mol. The summed E-state index contributed by atoms with van der Waals surface area (Å²) in [4.78, 5) is 0. The Morgan fingerprint density at radius 3 is 2.06 bits per heavy atom. The Hall–Kier alpha value is -0.0900. The van der Waals surface area contributed by atoms with Crippen molar-refractivity contribution in [3.63, 3.8) is 0 Å².